The number of hydrogen-bond acceptors (Lipinski definition) is 3. The number of nitrogens with one attached hydrogen (secondary N) is 1. The normalized spacial score (nSPS) is 16.1. The van der Waals surface area contributed by atoms with E-state index in [2.05, 4.69) is 59.2 Å². The second-order valence-electron chi connectivity index (χ2n) is 6.40. The van der Waals surface area contributed by atoms with Crippen LogP contribution in [0.15, 0.2) is 23.3 Å². The van der Waals surface area contributed by atoms with Gasteiger partial charge in [0.2, 0.25) is 6.41 Å². The first-order chi connectivity index (χ1) is 11.1. The first-order valence-corrected chi connectivity index (χ1v) is 8.15. The van der Waals surface area contributed by atoms with Crippen LogP contribution in [0, 0.1) is 6.92 Å². The number of amides is 1. The van der Waals surface area contributed by atoms with Gasteiger partial charge in [-0.05, 0) is 51.9 Å². The number of nitrogens with zero attached hydrogens (tertiary/aromatic N) is 3. The number of aryl methyl sites for hydroxylation is 1. The molecule has 23 heavy (non-hydrogen) atoms. The van der Waals surface area contributed by atoms with Crippen LogP contribution in [0.5, 0.6) is 0 Å². The molecule has 0 atom stereocenters. The Morgan fingerprint density at radius 2 is 2.17 bits per heavy atom. The van der Waals surface area contributed by atoms with Crippen LogP contribution in [0.2, 0.25) is 0 Å². The maximum atomic E-state index is 10.6. The Morgan fingerprint density at radius 3 is 2.91 bits per heavy atom. The molecule has 0 fully saturated rings. The van der Waals surface area contributed by atoms with Gasteiger partial charge in [-0.2, -0.15) is 5.10 Å². The molecule has 0 unspecified atom stereocenters. The van der Waals surface area contributed by atoms with Gasteiger partial charge in [-0.3, -0.25) is 4.79 Å². The first-order valence-electron chi connectivity index (χ1n) is 8.15. The number of aromatic nitrogens is 1. The maximum absolute atomic E-state index is 10.6. The smallest absolute Gasteiger partial charge is 0.227 e. The third-order valence-corrected chi connectivity index (χ3v) is 4.54. The van der Waals surface area contributed by atoms with Crippen LogP contribution in [-0.4, -0.2) is 42.2 Å². The van der Waals surface area contributed by atoms with E-state index in [9.17, 15) is 4.79 Å². The van der Waals surface area contributed by atoms with Crippen molar-refractivity contribution < 1.29 is 4.79 Å². The van der Waals surface area contributed by atoms with Crippen LogP contribution in [0.25, 0.3) is 10.9 Å². The highest BCUT2D eigenvalue weighted by Gasteiger charge is 2.25. The molecular formula is C18H24N4O. The second-order valence-corrected chi connectivity index (χ2v) is 6.40. The zero-order valence-electron chi connectivity index (χ0n) is 14.1. The van der Waals surface area contributed by atoms with Gasteiger partial charge >= 0.3 is 0 Å². The van der Waals surface area contributed by atoms with Crippen molar-refractivity contribution in [3.05, 3.63) is 35.0 Å². The van der Waals surface area contributed by atoms with Crippen LogP contribution >= 0.6 is 0 Å². The van der Waals surface area contributed by atoms with E-state index in [-0.39, 0.29) is 0 Å². The molecule has 1 amide bonds. The van der Waals surface area contributed by atoms with E-state index in [0.717, 1.165) is 38.1 Å². The van der Waals surface area contributed by atoms with E-state index in [0.29, 0.717) is 6.41 Å². The van der Waals surface area contributed by atoms with Gasteiger partial charge in [0.15, 0.2) is 0 Å². The number of fused-ring (bicyclic) bond motifs is 3. The van der Waals surface area contributed by atoms with E-state index >= 15 is 0 Å². The summed E-state index contributed by atoms with van der Waals surface area (Å²) in [7, 11) is 4.20. The lowest BCUT2D eigenvalue weighted by molar-refractivity contribution is -0.109. The molecule has 5 heteroatoms. The van der Waals surface area contributed by atoms with Crippen molar-refractivity contribution in [2.45, 2.75) is 32.7 Å². The van der Waals surface area contributed by atoms with Crippen LogP contribution in [0.4, 0.5) is 0 Å². The topological polar surface area (TPSA) is 49.6 Å². The summed E-state index contributed by atoms with van der Waals surface area (Å²) in [6.07, 6.45) is 3.69. The third kappa shape index (κ3) is 2.88. The van der Waals surface area contributed by atoms with E-state index in [4.69, 9.17) is 0 Å². The summed E-state index contributed by atoms with van der Waals surface area (Å²) in [6, 6.07) is 6.47. The number of rotatable bonds is 5. The number of carbonyl (C=O) groups is 1. The third-order valence-electron chi connectivity index (χ3n) is 4.54. The summed E-state index contributed by atoms with van der Waals surface area (Å²) in [5.74, 6) is 0. The summed E-state index contributed by atoms with van der Waals surface area (Å²) < 4.78 is 2.44. The highest BCUT2D eigenvalue weighted by atomic mass is 16.1. The summed E-state index contributed by atoms with van der Waals surface area (Å²) in [4.78, 5) is 12.9. The summed E-state index contributed by atoms with van der Waals surface area (Å²) >= 11 is 0. The Bertz CT molecular complexity index is 758. The molecule has 1 aliphatic rings. The molecule has 1 N–H and O–H groups in total. The molecule has 0 radical (unpaired) electrons. The van der Waals surface area contributed by atoms with E-state index in [1.54, 1.807) is 0 Å². The predicted molar refractivity (Wildman–Crippen MR) is 93.9 cm³/mol. The fraction of sp³-hybridized carbons (Fsp3) is 0.444. The zero-order chi connectivity index (χ0) is 16.4. The van der Waals surface area contributed by atoms with Crippen molar-refractivity contribution in [2.24, 2.45) is 5.10 Å². The van der Waals surface area contributed by atoms with Gasteiger partial charge in [-0.15, -0.1) is 0 Å². The average molecular weight is 312 g/mol. The lowest BCUT2D eigenvalue weighted by atomic mass is 9.92. The molecule has 1 aliphatic carbocycles. The number of carbonyl (C=O) groups excluding carboxylic acids is 1. The summed E-state index contributed by atoms with van der Waals surface area (Å²) in [5, 5.41) is 5.60. The van der Waals surface area contributed by atoms with Gasteiger partial charge in [-0.1, -0.05) is 12.1 Å². The Balaban J connectivity index is 2.21. The molecule has 1 aromatic heterocycles. The molecule has 0 saturated carbocycles. The molecule has 2 aromatic rings. The highest BCUT2D eigenvalue weighted by Crippen LogP contribution is 2.34. The van der Waals surface area contributed by atoms with Crippen LogP contribution < -0.4 is 5.43 Å². The number of hydrogen-bond donors (Lipinski definition) is 1. The Labute approximate surface area is 137 Å². The van der Waals surface area contributed by atoms with Crippen molar-refractivity contribution in [3.63, 3.8) is 0 Å². The summed E-state index contributed by atoms with van der Waals surface area (Å²) in [6.45, 7) is 4.12. The van der Waals surface area contributed by atoms with Gasteiger partial charge < -0.3 is 9.47 Å². The molecule has 0 aliphatic heterocycles. The lowest BCUT2D eigenvalue weighted by Crippen LogP contribution is -2.21. The van der Waals surface area contributed by atoms with Gasteiger partial charge in [0.25, 0.3) is 0 Å². The maximum Gasteiger partial charge on any atom is 0.227 e. The Hall–Kier alpha value is -2.14. The lowest BCUT2D eigenvalue weighted by Gasteiger charge is -2.19. The van der Waals surface area contributed by atoms with Gasteiger partial charge in [0.05, 0.1) is 5.71 Å². The first kappa shape index (κ1) is 15.7. The zero-order valence-corrected chi connectivity index (χ0v) is 14.1. The Kier molecular flexibility index (Phi) is 4.48. The van der Waals surface area contributed by atoms with Crippen molar-refractivity contribution in [1.29, 1.82) is 0 Å². The largest absolute Gasteiger partial charge is 0.343 e. The number of likely N-dealkylation sites (N-methyl/N-ethyl adjacent to an activating group) is 1. The van der Waals surface area contributed by atoms with E-state index in [1.807, 2.05) is 0 Å². The second kappa shape index (κ2) is 6.54. The standard InChI is InChI=1S/C18H24N4O/c1-13-6-4-8-15-17(13)18-14(20-19-12-23)7-5-9-16(18)22(15)11-10-21(2)3/h4,6,8,12H,5,7,9-11H2,1-3H3,(H,19,23)/b20-14-. The SMILES string of the molecule is Cc1cccc2c1c1c(n2CCN(C)C)CCC/C1=N/NC=O. The van der Waals surface area contributed by atoms with Crippen molar-refractivity contribution >= 4 is 23.0 Å². The van der Waals surface area contributed by atoms with Crippen LogP contribution in [0.1, 0.15) is 29.7 Å². The van der Waals surface area contributed by atoms with Crippen molar-refractivity contribution in [3.8, 4) is 0 Å². The minimum Gasteiger partial charge on any atom is -0.343 e. The molecule has 0 bridgehead atoms. The van der Waals surface area contributed by atoms with Gasteiger partial charge in [0.1, 0.15) is 0 Å². The van der Waals surface area contributed by atoms with E-state index < -0.39 is 0 Å². The molecule has 3 rings (SSSR count). The number of benzene rings is 1. The molecule has 1 aromatic carbocycles. The van der Waals surface area contributed by atoms with Crippen LogP contribution in [0.3, 0.4) is 0 Å². The van der Waals surface area contributed by atoms with Crippen molar-refractivity contribution in [1.82, 2.24) is 14.9 Å². The fourth-order valence-electron chi connectivity index (χ4n) is 3.52. The molecule has 0 saturated heterocycles. The molecule has 5 nitrogen and oxygen atoms in total. The molecule has 0 spiro atoms. The minimum absolute atomic E-state index is 0.638. The molecule has 122 valence electrons. The highest BCUT2D eigenvalue weighted by molar-refractivity contribution is 6.14. The van der Waals surface area contributed by atoms with Gasteiger partial charge in [-0.25, -0.2) is 5.43 Å². The summed E-state index contributed by atoms with van der Waals surface area (Å²) in [5.41, 5.74) is 8.62. The fourth-order valence-corrected chi connectivity index (χ4v) is 3.52. The van der Waals surface area contributed by atoms with Gasteiger partial charge in [0, 0.05) is 35.2 Å². The van der Waals surface area contributed by atoms with Crippen LogP contribution in [-0.2, 0) is 17.8 Å². The average Bonchev–Trinajstić information content (AvgIpc) is 2.86. The minimum atomic E-state index is 0.638. The number of hydrazone groups is 1. The molecular weight excluding hydrogens is 288 g/mol. The predicted octanol–water partition coefficient (Wildman–Crippen LogP) is 2.30. The Morgan fingerprint density at radius 1 is 1.35 bits per heavy atom. The molecule has 1 heterocycles. The van der Waals surface area contributed by atoms with Crippen molar-refractivity contribution in [2.75, 3.05) is 20.6 Å². The quantitative estimate of drug-likeness (QED) is 0.680. The monoisotopic (exact) mass is 312 g/mol. The van der Waals surface area contributed by atoms with E-state index in [1.165, 1.54) is 27.7 Å².